The van der Waals surface area contributed by atoms with Crippen LogP contribution >= 0.6 is 0 Å². The molecule has 0 saturated heterocycles. The van der Waals surface area contributed by atoms with Crippen molar-refractivity contribution in [3.8, 4) is 0 Å². The molecule has 0 N–H and O–H groups in total. The van der Waals surface area contributed by atoms with Gasteiger partial charge < -0.3 is 4.98 Å². The number of hydrogen-bond acceptors (Lipinski definition) is 1. The largest absolute Gasteiger partial charge is 0.394 e. The van der Waals surface area contributed by atoms with Crippen molar-refractivity contribution in [3.63, 3.8) is 0 Å². The van der Waals surface area contributed by atoms with Crippen molar-refractivity contribution in [3.05, 3.63) is 30.1 Å². The molecular formula is C6H6NRf-. The second-order valence-corrected chi connectivity index (χ2v) is 1.46. The average molecular weight is 359 g/mol. The van der Waals surface area contributed by atoms with Crippen LogP contribution in [-0.2, 0) is 0 Å². The standard InChI is InChI=1S/C6H6N.Rf/c1-6-3-2-4-7-5-6;/h2-3,5H,1H3;/q-1;. The third-order valence-corrected chi connectivity index (χ3v) is 0.763. The molecule has 0 radical (unpaired) electrons. The zero-order chi connectivity index (χ0) is 5.11. The fourth-order valence-electron chi connectivity index (χ4n) is 0.394. The number of rotatable bonds is 0. The van der Waals surface area contributed by atoms with Gasteiger partial charge in [-0.3, -0.25) is 0 Å². The first-order chi connectivity index (χ1) is 3.39. The molecule has 0 amide bonds. The number of aromatic nitrogens is 1. The number of aryl methyl sites for hydroxylation is 1. The third-order valence-electron chi connectivity index (χ3n) is 0.763. The predicted molar refractivity (Wildman–Crippen MR) is 27.8 cm³/mol. The van der Waals surface area contributed by atoms with Gasteiger partial charge in [-0.05, 0) is 0 Å². The zero-order valence-corrected chi connectivity index (χ0v) is 11.3. The van der Waals surface area contributed by atoms with E-state index in [1.807, 2.05) is 13.0 Å². The van der Waals surface area contributed by atoms with Gasteiger partial charge in [0.2, 0.25) is 0 Å². The molecule has 1 heterocycles. The molecule has 0 aliphatic carbocycles. The van der Waals surface area contributed by atoms with E-state index in [2.05, 4.69) is 11.2 Å². The summed E-state index contributed by atoms with van der Waals surface area (Å²) in [6.45, 7) is 2.00. The Morgan fingerprint density at radius 2 is 2.38 bits per heavy atom. The van der Waals surface area contributed by atoms with Crippen LogP contribution in [0.2, 0.25) is 0 Å². The van der Waals surface area contributed by atoms with Crippen LogP contribution in [0.15, 0.2) is 18.3 Å². The Morgan fingerprint density at radius 3 is 2.62 bits per heavy atom. The minimum absolute atomic E-state index is 0. The Morgan fingerprint density at radius 1 is 1.62 bits per heavy atom. The summed E-state index contributed by atoms with van der Waals surface area (Å²) in [4.78, 5) is 3.76. The van der Waals surface area contributed by atoms with E-state index in [1.165, 1.54) is 5.56 Å². The molecule has 1 rings (SSSR count). The van der Waals surface area contributed by atoms with Crippen molar-refractivity contribution >= 4 is 0 Å². The van der Waals surface area contributed by atoms with Crippen molar-refractivity contribution in [2.24, 2.45) is 0 Å². The molecule has 0 unspecified atom stereocenters. The summed E-state index contributed by atoms with van der Waals surface area (Å²) >= 11 is 0. The summed E-state index contributed by atoms with van der Waals surface area (Å²) in [5.74, 6) is 0. The first-order valence-corrected chi connectivity index (χ1v) is 2.18. The second kappa shape index (κ2) is 2.35. The molecule has 0 aliphatic heterocycles. The molecule has 1 nitrogen and oxygen atoms in total. The predicted octanol–water partition coefficient (Wildman–Crippen LogP) is 1.19. The van der Waals surface area contributed by atoms with Crippen LogP contribution in [0.5, 0.6) is 0 Å². The second-order valence-electron chi connectivity index (χ2n) is 1.46. The van der Waals surface area contributed by atoms with Crippen molar-refractivity contribution < 1.29 is 0 Å². The number of pyridine rings is 1. The Hall–Kier alpha value is -1.85. The van der Waals surface area contributed by atoms with E-state index in [4.69, 9.17) is 0 Å². The average Bonchev–Trinajstić information content (AvgIpc) is 1.69. The summed E-state index contributed by atoms with van der Waals surface area (Å²) in [7, 11) is 0. The van der Waals surface area contributed by atoms with E-state index in [0.29, 0.717) is 0 Å². The smallest absolute Gasteiger partial charge is 0 e. The molecule has 38 valence electrons. The quantitative estimate of drug-likeness (QED) is 0.635. The van der Waals surface area contributed by atoms with Crippen molar-refractivity contribution in [2.45, 2.75) is 6.92 Å². The number of hydrogen-bond donors (Lipinski definition) is 0. The Balaban J connectivity index is 0.000000490. The number of nitrogens with zero attached hydrogens (tertiary/aromatic N) is 1. The van der Waals surface area contributed by atoms with Gasteiger partial charge >= 0.3 is 0 Å². The fraction of sp³-hybridized carbons (Fsp3) is 0.167. The summed E-state index contributed by atoms with van der Waals surface area (Å²) in [6.07, 6.45) is 4.46. The molecule has 1 aromatic rings. The van der Waals surface area contributed by atoms with Crippen molar-refractivity contribution in [2.75, 3.05) is 0 Å². The molecule has 0 fully saturated rings. The van der Waals surface area contributed by atoms with Crippen LogP contribution in [-0.4, -0.2) is 4.98 Å². The van der Waals surface area contributed by atoms with Gasteiger partial charge in [-0.1, -0.05) is 19.3 Å². The van der Waals surface area contributed by atoms with Crippen LogP contribution in [0.1, 0.15) is 5.56 Å². The van der Waals surface area contributed by atoms with Crippen molar-refractivity contribution in [1.82, 2.24) is 4.98 Å². The van der Waals surface area contributed by atoms with Gasteiger partial charge in [0.05, 0.1) is 0 Å². The van der Waals surface area contributed by atoms with Gasteiger partial charge in [0.1, 0.15) is 0 Å². The van der Waals surface area contributed by atoms with E-state index in [-0.39, 0.29) is 0 Å². The Kier molecular flexibility index (Phi) is 1.80. The molecule has 0 aromatic carbocycles. The van der Waals surface area contributed by atoms with Gasteiger partial charge in [-0.25, -0.2) is 0 Å². The Bertz CT molecular complexity index is 138. The van der Waals surface area contributed by atoms with E-state index < -0.39 is 0 Å². The Labute approximate surface area is 43.0 Å². The first kappa shape index (κ1) is 6.15. The van der Waals surface area contributed by atoms with Gasteiger partial charge in [-0.15, -0.1) is 5.56 Å². The van der Waals surface area contributed by atoms with Gasteiger partial charge in [0.15, 0.2) is 0 Å². The van der Waals surface area contributed by atoms with E-state index >= 15 is 0 Å². The maximum absolute atomic E-state index is 3.76. The topological polar surface area (TPSA) is 12.9 Å². The molecule has 0 saturated carbocycles. The molecule has 8 heavy (non-hydrogen) atoms. The summed E-state index contributed by atoms with van der Waals surface area (Å²) in [6, 6.07) is 3.77. The molecule has 0 spiro atoms. The van der Waals surface area contributed by atoms with E-state index in [1.54, 1.807) is 12.3 Å². The van der Waals surface area contributed by atoms with Crippen LogP contribution in [0.4, 0.5) is 0 Å². The van der Waals surface area contributed by atoms with Gasteiger partial charge in [0.25, 0.3) is 0 Å². The monoisotopic (exact) mass is 359 g/mol. The summed E-state index contributed by atoms with van der Waals surface area (Å²) < 4.78 is 0. The van der Waals surface area contributed by atoms with Crippen molar-refractivity contribution in [1.29, 1.82) is 0 Å². The normalized spacial score (nSPS) is 7.62. The van der Waals surface area contributed by atoms with Crippen LogP contribution in [0.3, 0.4) is 0 Å². The van der Waals surface area contributed by atoms with Crippen LogP contribution in [0, 0.1) is 13.1 Å². The molecule has 0 bridgehead atoms. The first-order valence-electron chi connectivity index (χ1n) is 2.18. The summed E-state index contributed by atoms with van der Waals surface area (Å²) in [5, 5.41) is 0. The SMILES string of the molecule is Cc1cc[c-]nc1.[Rf]. The van der Waals surface area contributed by atoms with E-state index in [9.17, 15) is 0 Å². The minimum Gasteiger partial charge on any atom is -0.394 e. The molecule has 2 heteroatoms. The molecule has 0 aliphatic rings. The minimum atomic E-state index is 0. The van der Waals surface area contributed by atoms with Crippen LogP contribution < -0.4 is 0 Å². The maximum atomic E-state index is 3.76. The summed E-state index contributed by atoms with van der Waals surface area (Å²) in [5.41, 5.74) is 1.18. The third kappa shape index (κ3) is 1.09. The van der Waals surface area contributed by atoms with Gasteiger partial charge in [0, 0.05) is 0 Å². The van der Waals surface area contributed by atoms with E-state index in [0.717, 1.165) is 0 Å². The van der Waals surface area contributed by atoms with Crippen LogP contribution in [0.25, 0.3) is 0 Å². The molecule has 1 aromatic heterocycles. The molecule has 0 atom stereocenters. The van der Waals surface area contributed by atoms with Gasteiger partial charge in [-0.2, -0.15) is 12.1 Å². The maximum Gasteiger partial charge on any atom is 0 e. The fourth-order valence-corrected chi connectivity index (χ4v) is 0.394. The zero-order valence-electron chi connectivity index (χ0n) is 4.89. The molecular weight excluding hydrogens is 353 g/mol.